The van der Waals surface area contributed by atoms with Crippen LogP contribution in [0.4, 0.5) is 0 Å². The molecule has 1 aromatic rings. The standard InChI is InChI=1S/C13H17NO5S2/c1-19-12-3-2-10(6-11(12)13(15)16)21(17,18)14-7-9-4-5-20-8-9/h2-3,6,9,14H,4-5,7-8H2,1H3,(H,15,16). The lowest BCUT2D eigenvalue weighted by Gasteiger charge is -2.12. The molecule has 0 bridgehead atoms. The molecule has 2 N–H and O–H groups in total. The lowest BCUT2D eigenvalue weighted by molar-refractivity contribution is 0.0693. The summed E-state index contributed by atoms with van der Waals surface area (Å²) in [4.78, 5) is 11.1. The highest BCUT2D eigenvalue weighted by atomic mass is 32.2. The Balaban J connectivity index is 2.18. The first kappa shape index (κ1) is 16.1. The number of hydrogen-bond acceptors (Lipinski definition) is 5. The smallest absolute Gasteiger partial charge is 0.339 e. The van der Waals surface area contributed by atoms with Gasteiger partial charge in [0.05, 0.1) is 12.0 Å². The molecule has 0 aromatic heterocycles. The fraction of sp³-hybridized carbons (Fsp3) is 0.462. The van der Waals surface area contributed by atoms with Crippen molar-refractivity contribution in [1.82, 2.24) is 4.72 Å². The molecule has 2 rings (SSSR count). The number of nitrogens with one attached hydrogen (secondary N) is 1. The minimum atomic E-state index is -3.71. The Hall–Kier alpha value is -1.25. The van der Waals surface area contributed by atoms with Crippen LogP contribution in [0.1, 0.15) is 16.8 Å². The van der Waals surface area contributed by atoms with Crippen LogP contribution in [0.3, 0.4) is 0 Å². The summed E-state index contributed by atoms with van der Waals surface area (Å²) < 4.78 is 31.9. The van der Waals surface area contributed by atoms with E-state index in [1.165, 1.54) is 19.2 Å². The minimum absolute atomic E-state index is 0.0636. The van der Waals surface area contributed by atoms with Crippen LogP contribution in [0.15, 0.2) is 23.1 Å². The zero-order chi connectivity index (χ0) is 15.5. The Morgan fingerprint density at radius 3 is 2.86 bits per heavy atom. The molecule has 6 nitrogen and oxygen atoms in total. The maximum absolute atomic E-state index is 12.2. The Bertz CT molecular complexity index is 623. The van der Waals surface area contributed by atoms with Crippen LogP contribution in [0.5, 0.6) is 5.75 Å². The van der Waals surface area contributed by atoms with Gasteiger partial charge >= 0.3 is 5.97 Å². The van der Waals surface area contributed by atoms with Crippen LogP contribution in [-0.4, -0.2) is 44.7 Å². The van der Waals surface area contributed by atoms with Gasteiger partial charge in [-0.15, -0.1) is 0 Å². The van der Waals surface area contributed by atoms with E-state index in [0.29, 0.717) is 12.5 Å². The van der Waals surface area contributed by atoms with Crippen molar-refractivity contribution in [3.8, 4) is 5.75 Å². The molecule has 0 radical (unpaired) electrons. The molecule has 1 unspecified atom stereocenters. The molecule has 1 saturated heterocycles. The van der Waals surface area contributed by atoms with Crippen molar-refractivity contribution in [2.45, 2.75) is 11.3 Å². The van der Waals surface area contributed by atoms with E-state index in [-0.39, 0.29) is 16.2 Å². The van der Waals surface area contributed by atoms with Gasteiger partial charge in [-0.3, -0.25) is 0 Å². The Kier molecular flexibility index (Phi) is 5.13. The number of carbonyl (C=O) groups is 1. The summed E-state index contributed by atoms with van der Waals surface area (Å²) in [7, 11) is -2.37. The summed E-state index contributed by atoms with van der Waals surface area (Å²) in [6, 6.07) is 3.81. The van der Waals surface area contributed by atoms with Crippen molar-refractivity contribution in [3.05, 3.63) is 23.8 Å². The van der Waals surface area contributed by atoms with Gasteiger partial charge in [0, 0.05) is 6.54 Å². The SMILES string of the molecule is COc1ccc(S(=O)(=O)NCC2CCSC2)cc1C(=O)O. The normalized spacial score (nSPS) is 18.6. The average molecular weight is 331 g/mol. The van der Waals surface area contributed by atoms with Crippen LogP contribution >= 0.6 is 11.8 Å². The van der Waals surface area contributed by atoms with Crippen molar-refractivity contribution in [1.29, 1.82) is 0 Å². The van der Waals surface area contributed by atoms with Gasteiger partial charge in [0.15, 0.2) is 0 Å². The van der Waals surface area contributed by atoms with Crippen LogP contribution in [0.2, 0.25) is 0 Å². The van der Waals surface area contributed by atoms with Crippen molar-refractivity contribution in [2.24, 2.45) is 5.92 Å². The molecule has 21 heavy (non-hydrogen) atoms. The third-order valence-electron chi connectivity index (χ3n) is 3.30. The fourth-order valence-electron chi connectivity index (χ4n) is 2.08. The van der Waals surface area contributed by atoms with Crippen molar-refractivity contribution >= 4 is 27.8 Å². The highest BCUT2D eigenvalue weighted by Crippen LogP contribution is 2.24. The number of aromatic carboxylic acids is 1. The summed E-state index contributed by atoms with van der Waals surface area (Å²) in [5.41, 5.74) is -0.170. The first-order chi connectivity index (χ1) is 9.94. The number of sulfonamides is 1. The monoisotopic (exact) mass is 331 g/mol. The molecule has 1 aliphatic rings. The quantitative estimate of drug-likeness (QED) is 0.819. The number of thioether (sulfide) groups is 1. The van der Waals surface area contributed by atoms with Gasteiger partial charge < -0.3 is 9.84 Å². The van der Waals surface area contributed by atoms with E-state index in [1.54, 1.807) is 0 Å². The Morgan fingerprint density at radius 1 is 1.52 bits per heavy atom. The summed E-state index contributed by atoms with van der Waals surface area (Å²) in [5, 5.41) is 9.09. The Morgan fingerprint density at radius 2 is 2.29 bits per heavy atom. The minimum Gasteiger partial charge on any atom is -0.496 e. The highest BCUT2D eigenvalue weighted by Gasteiger charge is 2.22. The third kappa shape index (κ3) is 3.90. The lowest BCUT2D eigenvalue weighted by Crippen LogP contribution is -2.29. The maximum atomic E-state index is 12.2. The van der Waals surface area contributed by atoms with Crippen LogP contribution in [0, 0.1) is 5.92 Å². The zero-order valence-corrected chi connectivity index (χ0v) is 13.2. The molecule has 1 heterocycles. The van der Waals surface area contributed by atoms with E-state index in [4.69, 9.17) is 9.84 Å². The molecule has 0 saturated carbocycles. The van der Waals surface area contributed by atoms with E-state index in [1.807, 2.05) is 11.8 Å². The number of carboxylic acid groups (broad SMARTS) is 1. The van der Waals surface area contributed by atoms with Gasteiger partial charge in [-0.1, -0.05) is 0 Å². The second-order valence-electron chi connectivity index (χ2n) is 4.75. The predicted molar refractivity (Wildman–Crippen MR) is 80.6 cm³/mol. The van der Waals surface area contributed by atoms with Gasteiger partial charge in [-0.25, -0.2) is 17.9 Å². The van der Waals surface area contributed by atoms with Crippen molar-refractivity contribution in [2.75, 3.05) is 25.2 Å². The van der Waals surface area contributed by atoms with E-state index >= 15 is 0 Å². The lowest BCUT2D eigenvalue weighted by atomic mass is 10.1. The van der Waals surface area contributed by atoms with E-state index in [0.717, 1.165) is 24.0 Å². The summed E-state index contributed by atoms with van der Waals surface area (Å²) >= 11 is 1.81. The number of carboxylic acids is 1. The van der Waals surface area contributed by atoms with Gasteiger partial charge in [-0.05, 0) is 42.0 Å². The second-order valence-corrected chi connectivity index (χ2v) is 7.67. The molecule has 1 aromatic carbocycles. The molecule has 8 heteroatoms. The summed E-state index contributed by atoms with van der Waals surface area (Å²) in [6.45, 7) is 0.379. The number of ether oxygens (including phenoxy) is 1. The average Bonchev–Trinajstić information content (AvgIpc) is 2.97. The number of hydrogen-bond donors (Lipinski definition) is 2. The van der Waals surface area contributed by atoms with Gasteiger partial charge in [0.2, 0.25) is 10.0 Å². The van der Waals surface area contributed by atoms with Crippen LogP contribution in [0.25, 0.3) is 0 Å². The van der Waals surface area contributed by atoms with Gasteiger partial charge in [-0.2, -0.15) is 11.8 Å². The highest BCUT2D eigenvalue weighted by molar-refractivity contribution is 7.99. The van der Waals surface area contributed by atoms with Crippen LogP contribution in [-0.2, 0) is 10.0 Å². The molecule has 0 spiro atoms. The molecular formula is C13H17NO5S2. The van der Waals surface area contributed by atoms with Crippen LogP contribution < -0.4 is 9.46 Å². The summed E-state index contributed by atoms with van der Waals surface area (Å²) in [6.07, 6.45) is 0.996. The first-order valence-electron chi connectivity index (χ1n) is 6.43. The van der Waals surface area contributed by atoms with Gasteiger partial charge in [0.25, 0.3) is 0 Å². The largest absolute Gasteiger partial charge is 0.496 e. The molecule has 1 fully saturated rings. The van der Waals surface area contributed by atoms with E-state index in [9.17, 15) is 13.2 Å². The number of benzene rings is 1. The van der Waals surface area contributed by atoms with E-state index < -0.39 is 16.0 Å². The fourth-order valence-corrected chi connectivity index (χ4v) is 4.50. The number of methoxy groups -OCH3 is 1. The molecule has 116 valence electrons. The number of rotatable bonds is 6. The topological polar surface area (TPSA) is 92.7 Å². The zero-order valence-electron chi connectivity index (χ0n) is 11.5. The third-order valence-corrected chi connectivity index (χ3v) is 5.95. The van der Waals surface area contributed by atoms with Gasteiger partial charge in [0.1, 0.15) is 11.3 Å². The molecule has 1 aliphatic heterocycles. The molecule has 0 amide bonds. The van der Waals surface area contributed by atoms with Crippen molar-refractivity contribution in [3.63, 3.8) is 0 Å². The first-order valence-corrected chi connectivity index (χ1v) is 9.06. The van der Waals surface area contributed by atoms with E-state index in [2.05, 4.69) is 4.72 Å². The Labute approximate surface area is 127 Å². The maximum Gasteiger partial charge on any atom is 0.339 e. The predicted octanol–water partition coefficient (Wildman–Crippen LogP) is 1.42. The molecule has 0 aliphatic carbocycles. The second kappa shape index (κ2) is 6.67. The summed E-state index contributed by atoms with van der Waals surface area (Å²) in [5.74, 6) is 1.25. The van der Waals surface area contributed by atoms with Crippen molar-refractivity contribution < 1.29 is 23.1 Å². The molecule has 1 atom stereocenters. The molecular weight excluding hydrogens is 314 g/mol.